The number of thiol groups is 1. The number of methoxy groups -OCH3 is 1. The highest BCUT2D eigenvalue weighted by molar-refractivity contribution is 7.77. The van der Waals surface area contributed by atoms with Gasteiger partial charge in [0.1, 0.15) is 5.75 Å². The molecule has 0 aromatic heterocycles. The first-order valence-electron chi connectivity index (χ1n) is 6.69. The number of nitrogens with zero attached hydrogens (tertiary/aromatic N) is 2. The standard InChI is InChI=1S/C14H23N3OS/c1-15-10-13-9-12(3-4-14(13)18-2)11-16-5-7-17(19)8-6-16/h3-4,9,15,19H,5-8,10-11H2,1-2H3. The second-order valence-corrected chi connectivity index (χ2v) is 5.47. The molecule has 1 heterocycles. The maximum Gasteiger partial charge on any atom is 0.123 e. The van der Waals surface area contributed by atoms with Gasteiger partial charge in [0.2, 0.25) is 0 Å². The van der Waals surface area contributed by atoms with E-state index in [0.29, 0.717) is 0 Å². The molecule has 5 heteroatoms. The fourth-order valence-corrected chi connectivity index (χ4v) is 2.59. The van der Waals surface area contributed by atoms with E-state index >= 15 is 0 Å². The molecule has 2 rings (SSSR count). The third kappa shape index (κ3) is 4.11. The minimum atomic E-state index is 0.835. The van der Waals surface area contributed by atoms with Crippen molar-refractivity contribution in [2.45, 2.75) is 13.1 Å². The summed E-state index contributed by atoms with van der Waals surface area (Å²) in [6.07, 6.45) is 0. The third-order valence-corrected chi connectivity index (χ3v) is 3.87. The van der Waals surface area contributed by atoms with Crippen molar-refractivity contribution >= 4 is 12.8 Å². The summed E-state index contributed by atoms with van der Waals surface area (Å²) in [6, 6.07) is 6.46. The van der Waals surface area contributed by atoms with E-state index in [4.69, 9.17) is 4.74 Å². The van der Waals surface area contributed by atoms with Crippen LogP contribution in [0.15, 0.2) is 18.2 Å². The van der Waals surface area contributed by atoms with Gasteiger partial charge >= 0.3 is 0 Å². The minimum absolute atomic E-state index is 0.835. The Hall–Kier alpha value is -0.750. The van der Waals surface area contributed by atoms with Crippen LogP contribution in [0.2, 0.25) is 0 Å². The molecule has 1 N–H and O–H groups in total. The molecule has 1 aromatic rings. The van der Waals surface area contributed by atoms with Crippen molar-refractivity contribution in [2.24, 2.45) is 0 Å². The molecular formula is C14H23N3OS. The monoisotopic (exact) mass is 281 g/mol. The Morgan fingerprint density at radius 2 is 2.00 bits per heavy atom. The van der Waals surface area contributed by atoms with Crippen molar-refractivity contribution in [3.8, 4) is 5.75 Å². The molecule has 0 bridgehead atoms. The van der Waals surface area contributed by atoms with Crippen LogP contribution in [-0.2, 0) is 13.1 Å². The van der Waals surface area contributed by atoms with Crippen molar-refractivity contribution < 1.29 is 4.74 Å². The molecule has 0 amide bonds. The highest BCUT2D eigenvalue weighted by Crippen LogP contribution is 2.21. The fourth-order valence-electron chi connectivity index (χ4n) is 2.41. The molecular weight excluding hydrogens is 258 g/mol. The van der Waals surface area contributed by atoms with E-state index in [9.17, 15) is 0 Å². The number of ether oxygens (including phenoxy) is 1. The number of hydrogen-bond donors (Lipinski definition) is 2. The molecule has 4 nitrogen and oxygen atoms in total. The van der Waals surface area contributed by atoms with Gasteiger partial charge in [-0.05, 0) is 24.7 Å². The quantitative estimate of drug-likeness (QED) is 0.798. The first-order valence-corrected chi connectivity index (χ1v) is 7.09. The molecule has 0 atom stereocenters. The lowest BCUT2D eigenvalue weighted by atomic mass is 10.1. The molecule has 0 unspecified atom stereocenters. The maximum atomic E-state index is 5.39. The molecule has 1 aromatic carbocycles. The second kappa shape index (κ2) is 7.14. The van der Waals surface area contributed by atoms with E-state index in [2.05, 4.69) is 45.5 Å². The van der Waals surface area contributed by atoms with Gasteiger partial charge < -0.3 is 10.1 Å². The van der Waals surface area contributed by atoms with E-state index in [1.807, 2.05) is 7.05 Å². The van der Waals surface area contributed by atoms with Gasteiger partial charge in [0, 0.05) is 44.8 Å². The summed E-state index contributed by atoms with van der Waals surface area (Å²) in [6.45, 7) is 6.06. The van der Waals surface area contributed by atoms with E-state index in [-0.39, 0.29) is 0 Å². The molecule has 1 fully saturated rings. The Bertz CT molecular complexity index is 406. The molecule has 106 valence electrons. The second-order valence-electron chi connectivity index (χ2n) is 4.91. The summed E-state index contributed by atoms with van der Waals surface area (Å²) < 4.78 is 7.47. The van der Waals surface area contributed by atoms with Gasteiger partial charge in [0.15, 0.2) is 0 Å². The van der Waals surface area contributed by atoms with Crippen LogP contribution in [0.3, 0.4) is 0 Å². The van der Waals surface area contributed by atoms with Crippen molar-refractivity contribution in [3.05, 3.63) is 29.3 Å². The van der Waals surface area contributed by atoms with Crippen molar-refractivity contribution in [3.63, 3.8) is 0 Å². The Kier molecular flexibility index (Phi) is 5.51. The summed E-state index contributed by atoms with van der Waals surface area (Å²) in [5.74, 6) is 0.957. The first kappa shape index (κ1) is 14.7. The van der Waals surface area contributed by atoms with Crippen molar-refractivity contribution in [1.82, 2.24) is 14.5 Å². The summed E-state index contributed by atoms with van der Waals surface area (Å²) in [5, 5.41) is 3.18. The summed E-state index contributed by atoms with van der Waals surface area (Å²) in [4.78, 5) is 2.47. The highest BCUT2D eigenvalue weighted by atomic mass is 32.1. The Labute approximate surface area is 121 Å². The molecule has 0 aliphatic carbocycles. The van der Waals surface area contributed by atoms with Crippen LogP contribution in [0.1, 0.15) is 11.1 Å². The zero-order valence-electron chi connectivity index (χ0n) is 11.7. The average Bonchev–Trinajstić information content (AvgIpc) is 2.42. The van der Waals surface area contributed by atoms with Gasteiger partial charge in [-0.2, -0.15) is 0 Å². The highest BCUT2D eigenvalue weighted by Gasteiger charge is 2.15. The number of hydrogen-bond acceptors (Lipinski definition) is 5. The summed E-state index contributed by atoms with van der Waals surface area (Å²) in [7, 11) is 3.68. The number of benzene rings is 1. The predicted octanol–water partition coefficient (Wildman–Crippen LogP) is 1.38. The lowest BCUT2D eigenvalue weighted by molar-refractivity contribution is 0.190. The summed E-state index contributed by atoms with van der Waals surface area (Å²) >= 11 is 4.38. The lowest BCUT2D eigenvalue weighted by Gasteiger charge is -2.31. The maximum absolute atomic E-state index is 5.39. The zero-order valence-corrected chi connectivity index (χ0v) is 12.6. The first-order chi connectivity index (χ1) is 9.22. The molecule has 0 spiro atoms. The number of nitrogens with one attached hydrogen (secondary N) is 1. The molecule has 1 saturated heterocycles. The molecule has 0 radical (unpaired) electrons. The Morgan fingerprint density at radius 1 is 1.26 bits per heavy atom. The van der Waals surface area contributed by atoms with Crippen molar-refractivity contribution in [1.29, 1.82) is 0 Å². The van der Waals surface area contributed by atoms with Gasteiger partial charge in [0.05, 0.1) is 7.11 Å². The number of rotatable bonds is 5. The van der Waals surface area contributed by atoms with E-state index in [1.165, 1.54) is 11.1 Å². The van der Waals surface area contributed by atoms with Gasteiger partial charge in [0.25, 0.3) is 0 Å². The van der Waals surface area contributed by atoms with Crippen LogP contribution >= 0.6 is 12.8 Å². The number of piperazine rings is 1. The van der Waals surface area contributed by atoms with Gasteiger partial charge in [-0.15, -0.1) is 0 Å². The summed E-state index contributed by atoms with van der Waals surface area (Å²) in [5.41, 5.74) is 2.56. The van der Waals surface area contributed by atoms with Gasteiger partial charge in [-0.1, -0.05) is 18.9 Å². The molecule has 0 saturated carbocycles. The van der Waals surface area contributed by atoms with Gasteiger partial charge in [-0.3, -0.25) is 9.21 Å². The van der Waals surface area contributed by atoms with Gasteiger partial charge in [-0.25, -0.2) is 0 Å². The van der Waals surface area contributed by atoms with E-state index in [1.54, 1.807) is 7.11 Å². The SMILES string of the molecule is CNCc1cc(CN2CCN(S)CC2)ccc1OC. The van der Waals surface area contributed by atoms with E-state index in [0.717, 1.165) is 45.0 Å². The fraction of sp³-hybridized carbons (Fsp3) is 0.571. The largest absolute Gasteiger partial charge is 0.496 e. The molecule has 1 aliphatic rings. The van der Waals surface area contributed by atoms with Crippen LogP contribution in [0, 0.1) is 0 Å². The van der Waals surface area contributed by atoms with Crippen LogP contribution < -0.4 is 10.1 Å². The predicted molar refractivity (Wildman–Crippen MR) is 81.6 cm³/mol. The third-order valence-electron chi connectivity index (χ3n) is 3.47. The topological polar surface area (TPSA) is 27.7 Å². The lowest BCUT2D eigenvalue weighted by Crippen LogP contribution is -2.41. The zero-order chi connectivity index (χ0) is 13.7. The molecule has 19 heavy (non-hydrogen) atoms. The molecule has 1 aliphatic heterocycles. The minimum Gasteiger partial charge on any atom is -0.496 e. The normalized spacial score (nSPS) is 17.6. The van der Waals surface area contributed by atoms with Crippen LogP contribution in [0.4, 0.5) is 0 Å². The Balaban J connectivity index is 2.02. The smallest absolute Gasteiger partial charge is 0.123 e. The average molecular weight is 281 g/mol. The van der Waals surface area contributed by atoms with Crippen molar-refractivity contribution in [2.75, 3.05) is 40.3 Å². The van der Waals surface area contributed by atoms with Crippen LogP contribution in [0.25, 0.3) is 0 Å². The Morgan fingerprint density at radius 3 is 2.63 bits per heavy atom. The van der Waals surface area contributed by atoms with E-state index < -0.39 is 0 Å². The van der Waals surface area contributed by atoms with Crippen LogP contribution in [0.5, 0.6) is 5.75 Å². The van der Waals surface area contributed by atoms with Crippen LogP contribution in [-0.4, -0.2) is 49.5 Å².